The van der Waals surface area contributed by atoms with Crippen LogP contribution in [0, 0.1) is 0 Å². The van der Waals surface area contributed by atoms with Crippen LogP contribution in [0.1, 0.15) is 17.2 Å². The Morgan fingerprint density at radius 2 is 2.00 bits per heavy atom. The molecule has 116 valence electrons. The highest BCUT2D eigenvalue weighted by molar-refractivity contribution is 5.31. The number of aromatic nitrogens is 1. The van der Waals surface area contributed by atoms with E-state index in [0.717, 1.165) is 45.0 Å². The van der Waals surface area contributed by atoms with E-state index in [1.54, 1.807) is 0 Å². The van der Waals surface area contributed by atoms with Crippen LogP contribution in [-0.2, 0) is 6.18 Å². The minimum atomic E-state index is -4.41. The third-order valence-electron chi connectivity index (χ3n) is 4.38. The van der Waals surface area contributed by atoms with Crippen molar-refractivity contribution in [1.29, 1.82) is 0 Å². The molecule has 3 aliphatic rings. The highest BCUT2D eigenvalue weighted by Gasteiger charge is 2.41. The van der Waals surface area contributed by atoms with Crippen LogP contribution in [-0.4, -0.2) is 53.5 Å². The first kappa shape index (κ1) is 14.7. The van der Waals surface area contributed by atoms with E-state index in [1.165, 1.54) is 6.20 Å². The number of halogens is 3. The minimum absolute atomic E-state index is 0.0669. The molecule has 2 bridgehead atoms. The summed E-state index contributed by atoms with van der Waals surface area (Å²) in [6.07, 6.45) is -1.97. The van der Waals surface area contributed by atoms with Gasteiger partial charge in [-0.15, -0.1) is 0 Å². The van der Waals surface area contributed by atoms with Gasteiger partial charge in [0.05, 0.1) is 11.6 Å². The maximum atomic E-state index is 13.2. The standard InChI is InChI=1S/C13H18F3N5/c14-13(15,16)10-1-2-18-7-9(10)12(19-17)11-8-20-3-5-21(11)6-4-20/h1-2,7,11-12,19H,3-6,8,17H2. The fourth-order valence-corrected chi connectivity index (χ4v) is 3.29. The molecular weight excluding hydrogens is 283 g/mol. The topological polar surface area (TPSA) is 57.4 Å². The van der Waals surface area contributed by atoms with Crippen LogP contribution in [0.15, 0.2) is 18.5 Å². The van der Waals surface area contributed by atoms with Gasteiger partial charge in [-0.3, -0.25) is 26.1 Å². The summed E-state index contributed by atoms with van der Waals surface area (Å²) in [6, 6.07) is 0.359. The molecule has 3 fully saturated rings. The summed E-state index contributed by atoms with van der Waals surface area (Å²) < 4.78 is 39.5. The molecule has 0 aromatic carbocycles. The second-order valence-corrected chi connectivity index (χ2v) is 5.51. The molecule has 5 nitrogen and oxygen atoms in total. The number of nitrogens with one attached hydrogen (secondary N) is 1. The van der Waals surface area contributed by atoms with Crippen LogP contribution < -0.4 is 11.3 Å². The van der Waals surface area contributed by atoms with E-state index in [-0.39, 0.29) is 11.6 Å². The van der Waals surface area contributed by atoms with E-state index < -0.39 is 17.8 Å². The predicted octanol–water partition coefficient (Wildman–Crippen LogP) is 0.605. The van der Waals surface area contributed by atoms with Crippen LogP contribution in [0.4, 0.5) is 13.2 Å². The molecule has 0 spiro atoms. The Kier molecular flexibility index (Phi) is 3.87. The number of nitrogens with zero attached hydrogens (tertiary/aromatic N) is 3. The van der Waals surface area contributed by atoms with Gasteiger partial charge in [-0.25, -0.2) is 0 Å². The molecule has 3 saturated heterocycles. The smallest absolute Gasteiger partial charge is 0.299 e. The van der Waals surface area contributed by atoms with Crippen molar-refractivity contribution >= 4 is 0 Å². The highest BCUT2D eigenvalue weighted by Crippen LogP contribution is 2.36. The lowest BCUT2D eigenvalue weighted by Crippen LogP contribution is -2.64. The van der Waals surface area contributed by atoms with Crippen molar-refractivity contribution in [3.8, 4) is 0 Å². The number of nitrogens with two attached hydrogens (primary N) is 1. The van der Waals surface area contributed by atoms with Crippen LogP contribution in [0.3, 0.4) is 0 Å². The van der Waals surface area contributed by atoms with Crippen LogP contribution >= 0.6 is 0 Å². The van der Waals surface area contributed by atoms with Gasteiger partial charge >= 0.3 is 6.18 Å². The SMILES string of the molecule is NNC(c1cnccc1C(F)(F)F)C1CN2CCN1CC2. The van der Waals surface area contributed by atoms with E-state index in [4.69, 9.17) is 5.84 Å². The normalized spacial score (nSPS) is 30.4. The first-order valence-corrected chi connectivity index (χ1v) is 6.94. The number of pyridine rings is 1. The van der Waals surface area contributed by atoms with Crippen molar-refractivity contribution < 1.29 is 13.2 Å². The molecular formula is C13H18F3N5. The number of hydrogen-bond donors (Lipinski definition) is 2. The second-order valence-electron chi connectivity index (χ2n) is 5.51. The van der Waals surface area contributed by atoms with Gasteiger partial charge in [0.25, 0.3) is 0 Å². The minimum Gasteiger partial charge on any atom is -0.299 e. The molecule has 21 heavy (non-hydrogen) atoms. The van der Waals surface area contributed by atoms with Gasteiger partial charge in [0, 0.05) is 56.7 Å². The monoisotopic (exact) mass is 301 g/mol. The largest absolute Gasteiger partial charge is 0.416 e. The second kappa shape index (κ2) is 5.53. The molecule has 0 aliphatic carbocycles. The lowest BCUT2D eigenvalue weighted by molar-refractivity contribution is -0.138. The maximum Gasteiger partial charge on any atom is 0.416 e. The molecule has 2 unspecified atom stereocenters. The Labute approximate surface area is 120 Å². The molecule has 1 aromatic heterocycles. The maximum absolute atomic E-state index is 13.2. The van der Waals surface area contributed by atoms with Gasteiger partial charge in [0.1, 0.15) is 0 Å². The first-order chi connectivity index (χ1) is 10.0. The van der Waals surface area contributed by atoms with Gasteiger partial charge in [0.15, 0.2) is 0 Å². The summed E-state index contributed by atoms with van der Waals surface area (Å²) in [5.41, 5.74) is 2.03. The van der Waals surface area contributed by atoms with E-state index >= 15 is 0 Å². The van der Waals surface area contributed by atoms with E-state index in [0.29, 0.717) is 0 Å². The number of fused-ring (bicyclic) bond motifs is 3. The van der Waals surface area contributed by atoms with Crippen molar-refractivity contribution in [1.82, 2.24) is 20.2 Å². The summed E-state index contributed by atoms with van der Waals surface area (Å²) in [7, 11) is 0. The van der Waals surface area contributed by atoms with E-state index in [1.807, 2.05) is 0 Å². The number of hydrazine groups is 1. The molecule has 2 atom stereocenters. The number of piperazine rings is 3. The van der Waals surface area contributed by atoms with Crippen molar-refractivity contribution in [2.45, 2.75) is 18.3 Å². The lowest BCUT2D eigenvalue weighted by Gasteiger charge is -2.50. The summed E-state index contributed by atoms with van der Waals surface area (Å²) in [5, 5.41) is 0. The quantitative estimate of drug-likeness (QED) is 0.633. The van der Waals surface area contributed by atoms with Crippen molar-refractivity contribution in [3.63, 3.8) is 0 Å². The molecule has 0 amide bonds. The first-order valence-electron chi connectivity index (χ1n) is 6.94. The van der Waals surface area contributed by atoms with Gasteiger partial charge in [0.2, 0.25) is 0 Å². The van der Waals surface area contributed by atoms with Crippen LogP contribution in [0.25, 0.3) is 0 Å². The molecule has 8 heteroatoms. The van der Waals surface area contributed by atoms with E-state index in [9.17, 15) is 13.2 Å². The third kappa shape index (κ3) is 2.76. The number of rotatable bonds is 3. The highest BCUT2D eigenvalue weighted by atomic mass is 19.4. The molecule has 4 rings (SSSR count). The average molecular weight is 301 g/mol. The molecule has 0 saturated carbocycles. The van der Waals surface area contributed by atoms with Gasteiger partial charge < -0.3 is 0 Å². The number of hydrogen-bond acceptors (Lipinski definition) is 5. The van der Waals surface area contributed by atoms with Crippen molar-refractivity contribution in [3.05, 3.63) is 29.6 Å². The fourth-order valence-electron chi connectivity index (χ4n) is 3.29. The summed E-state index contributed by atoms with van der Waals surface area (Å²) >= 11 is 0. The van der Waals surface area contributed by atoms with Gasteiger partial charge in [-0.05, 0) is 6.07 Å². The summed E-state index contributed by atoms with van der Waals surface area (Å²) in [6.45, 7) is 4.38. The Morgan fingerprint density at radius 1 is 1.29 bits per heavy atom. The van der Waals surface area contributed by atoms with Crippen LogP contribution in [0.2, 0.25) is 0 Å². The zero-order valence-corrected chi connectivity index (χ0v) is 11.5. The molecule has 3 N–H and O–H groups in total. The predicted molar refractivity (Wildman–Crippen MR) is 71.1 cm³/mol. The van der Waals surface area contributed by atoms with Gasteiger partial charge in [-0.2, -0.15) is 13.2 Å². The summed E-state index contributed by atoms with van der Waals surface area (Å²) in [5.74, 6) is 5.59. The Morgan fingerprint density at radius 3 is 2.52 bits per heavy atom. The fraction of sp³-hybridized carbons (Fsp3) is 0.615. The zero-order valence-electron chi connectivity index (χ0n) is 11.5. The van der Waals surface area contributed by atoms with E-state index in [2.05, 4.69) is 20.2 Å². The molecule has 3 aliphatic heterocycles. The Hall–Kier alpha value is -1.22. The Bertz CT molecular complexity index is 499. The summed E-state index contributed by atoms with van der Waals surface area (Å²) in [4.78, 5) is 8.33. The Balaban J connectivity index is 1.94. The molecule has 0 radical (unpaired) electrons. The third-order valence-corrected chi connectivity index (χ3v) is 4.38. The van der Waals surface area contributed by atoms with Gasteiger partial charge in [-0.1, -0.05) is 0 Å². The van der Waals surface area contributed by atoms with Crippen molar-refractivity contribution in [2.24, 2.45) is 5.84 Å². The zero-order chi connectivity index (χ0) is 15.0. The average Bonchev–Trinajstić information content (AvgIpc) is 2.49. The van der Waals surface area contributed by atoms with Crippen molar-refractivity contribution in [2.75, 3.05) is 32.7 Å². The lowest BCUT2D eigenvalue weighted by atomic mass is 9.92. The van der Waals surface area contributed by atoms with Crippen LogP contribution in [0.5, 0.6) is 0 Å². The molecule has 4 heterocycles. The molecule has 1 aromatic rings. The number of alkyl halides is 3.